The van der Waals surface area contributed by atoms with Crippen molar-refractivity contribution in [3.05, 3.63) is 74.4 Å². The Kier molecular flexibility index (Phi) is 8.14. The number of hydrogen-bond donors (Lipinski definition) is 1. The molecule has 0 bridgehead atoms. The van der Waals surface area contributed by atoms with Gasteiger partial charge in [0.15, 0.2) is 11.5 Å². The molecule has 0 saturated carbocycles. The minimum Gasteiger partial charge on any atom is -0.493 e. The third-order valence-corrected chi connectivity index (χ3v) is 7.33. The Morgan fingerprint density at radius 1 is 1.10 bits per heavy atom. The van der Waals surface area contributed by atoms with Crippen molar-refractivity contribution in [1.29, 1.82) is 0 Å². The van der Waals surface area contributed by atoms with Crippen molar-refractivity contribution in [2.75, 3.05) is 13.7 Å². The first-order valence-electron chi connectivity index (χ1n) is 13.9. The van der Waals surface area contributed by atoms with E-state index >= 15 is 0 Å². The van der Waals surface area contributed by atoms with Crippen molar-refractivity contribution in [3.8, 4) is 22.8 Å². The molecule has 2 aromatic carbocycles. The number of ketones is 1. The van der Waals surface area contributed by atoms with E-state index in [2.05, 4.69) is 39.7 Å². The average molecular weight is 558 g/mol. The van der Waals surface area contributed by atoms with Crippen LogP contribution in [0, 0.1) is 20.8 Å². The number of tetrazole rings is 1. The zero-order valence-corrected chi connectivity index (χ0v) is 24.2. The number of hydrogen-bond acceptors (Lipinski definition) is 8. The highest BCUT2D eigenvalue weighted by atomic mass is 16.5. The fourth-order valence-corrected chi connectivity index (χ4v) is 5.52. The minimum absolute atomic E-state index is 0.0430. The number of nitrogens with zero attached hydrogens (tertiary/aromatic N) is 6. The Balaban J connectivity index is 1.67. The van der Waals surface area contributed by atoms with Crippen LogP contribution >= 0.6 is 0 Å². The monoisotopic (exact) mass is 557 g/mol. The van der Waals surface area contributed by atoms with Crippen LogP contribution < -0.4 is 20.7 Å². The number of benzene rings is 2. The molecule has 41 heavy (non-hydrogen) atoms. The number of aromatic amines is 1. The van der Waals surface area contributed by atoms with E-state index in [0.717, 1.165) is 52.0 Å². The molecule has 4 aromatic rings. The van der Waals surface area contributed by atoms with Gasteiger partial charge in [-0.2, -0.15) is 5.21 Å². The quantitative estimate of drug-likeness (QED) is 0.308. The van der Waals surface area contributed by atoms with Crippen LogP contribution in [0.25, 0.3) is 11.3 Å². The highest BCUT2D eigenvalue weighted by Gasteiger charge is 2.22. The number of carbonyl (C=O) groups excluding carboxylic acids is 1. The maximum atomic E-state index is 14.1. The second kappa shape index (κ2) is 11.9. The van der Waals surface area contributed by atoms with Gasteiger partial charge in [0.25, 0.3) is 0 Å². The van der Waals surface area contributed by atoms with Crippen LogP contribution in [-0.4, -0.2) is 49.3 Å². The number of methoxy groups -OCH3 is 1. The molecule has 1 aliphatic rings. The topological polar surface area (TPSA) is 129 Å². The first-order chi connectivity index (χ1) is 19.8. The normalized spacial score (nSPS) is 13.0. The van der Waals surface area contributed by atoms with Gasteiger partial charge in [0.05, 0.1) is 25.1 Å². The van der Waals surface area contributed by atoms with E-state index in [1.165, 1.54) is 0 Å². The number of carbonyl (C=O) groups is 1. The predicted octanol–water partition coefficient (Wildman–Crippen LogP) is 4.00. The zero-order valence-electron chi connectivity index (χ0n) is 24.2. The lowest BCUT2D eigenvalue weighted by molar-refractivity contribution is 0.0968. The lowest BCUT2D eigenvalue weighted by Gasteiger charge is -2.18. The molecule has 1 aliphatic heterocycles. The van der Waals surface area contributed by atoms with Crippen LogP contribution in [0.2, 0.25) is 0 Å². The summed E-state index contributed by atoms with van der Waals surface area (Å²) in [4.78, 5) is 31.7. The molecule has 11 nitrogen and oxygen atoms in total. The molecule has 0 unspecified atom stereocenters. The molecule has 0 saturated heterocycles. The standard InChI is InChI=1S/C30H35N7O4/c1-6-41-26-15-21-9-7-11-36-23(22(21)16-25(26)40-5)17-27(31-28-19(3)13-18(2)14-20(28)4)37(30(36)39)12-8-10-24(38)29-32-34-35-33-29/h13-17H,6-12H2,1-5H3,(H,32,33,34,35). The third kappa shape index (κ3) is 5.70. The summed E-state index contributed by atoms with van der Waals surface area (Å²) in [5, 5.41) is 13.3. The van der Waals surface area contributed by atoms with E-state index in [-0.39, 0.29) is 23.7 Å². The Hall–Kier alpha value is -4.54. The molecule has 11 heteroatoms. The van der Waals surface area contributed by atoms with Gasteiger partial charge in [0, 0.05) is 31.1 Å². The van der Waals surface area contributed by atoms with Crippen molar-refractivity contribution in [2.45, 2.75) is 66.5 Å². The highest BCUT2D eigenvalue weighted by molar-refractivity contribution is 5.92. The van der Waals surface area contributed by atoms with Crippen molar-refractivity contribution >= 4 is 11.5 Å². The fourth-order valence-electron chi connectivity index (χ4n) is 5.52. The van der Waals surface area contributed by atoms with Crippen molar-refractivity contribution in [3.63, 3.8) is 0 Å². The smallest absolute Gasteiger partial charge is 0.330 e. The summed E-state index contributed by atoms with van der Waals surface area (Å²) in [5.41, 5.74) is 7.20. The summed E-state index contributed by atoms with van der Waals surface area (Å²) in [6.07, 6.45) is 2.18. The van der Waals surface area contributed by atoms with E-state index in [9.17, 15) is 9.59 Å². The number of aromatic nitrogens is 6. The number of rotatable bonds is 9. The maximum absolute atomic E-state index is 14.1. The van der Waals surface area contributed by atoms with Gasteiger partial charge in [-0.05, 0) is 81.0 Å². The highest BCUT2D eigenvalue weighted by Crippen LogP contribution is 2.37. The SMILES string of the molecule is CCOc1cc2c(cc1OC)-c1cc(=Nc3c(C)cc(C)cc3C)n(CCCC(=O)c3nn[nH]n3)c(=O)n1CCC2. The first kappa shape index (κ1) is 28.0. The number of H-pyrrole nitrogens is 1. The lowest BCUT2D eigenvalue weighted by atomic mass is 10.0. The third-order valence-electron chi connectivity index (χ3n) is 7.33. The van der Waals surface area contributed by atoms with E-state index < -0.39 is 0 Å². The van der Waals surface area contributed by atoms with Crippen molar-refractivity contribution in [2.24, 2.45) is 4.99 Å². The van der Waals surface area contributed by atoms with Crippen LogP contribution in [0.3, 0.4) is 0 Å². The van der Waals surface area contributed by atoms with Gasteiger partial charge < -0.3 is 9.47 Å². The molecular formula is C30H35N7O4. The van der Waals surface area contributed by atoms with Gasteiger partial charge in [0.2, 0.25) is 11.6 Å². The molecular weight excluding hydrogens is 522 g/mol. The number of aryl methyl sites for hydroxylation is 4. The molecule has 3 heterocycles. The van der Waals surface area contributed by atoms with Gasteiger partial charge in [-0.3, -0.25) is 13.9 Å². The molecule has 0 radical (unpaired) electrons. The molecule has 0 spiro atoms. The minimum atomic E-state index is -0.232. The zero-order chi connectivity index (χ0) is 29.1. The summed E-state index contributed by atoms with van der Waals surface area (Å²) in [5.74, 6) is 1.12. The number of ether oxygens (including phenoxy) is 2. The first-order valence-corrected chi connectivity index (χ1v) is 13.9. The van der Waals surface area contributed by atoms with Crippen LogP contribution in [0.4, 0.5) is 5.69 Å². The van der Waals surface area contributed by atoms with Crippen LogP contribution in [0.15, 0.2) is 40.1 Å². The van der Waals surface area contributed by atoms with Crippen molar-refractivity contribution in [1.82, 2.24) is 29.8 Å². The van der Waals surface area contributed by atoms with Crippen LogP contribution in [0.1, 0.15) is 59.1 Å². The molecule has 0 fully saturated rings. The number of nitrogens with one attached hydrogen (secondary N) is 1. The summed E-state index contributed by atoms with van der Waals surface area (Å²) in [6.45, 7) is 9.44. The molecule has 0 atom stereocenters. The van der Waals surface area contributed by atoms with Gasteiger partial charge in [-0.1, -0.05) is 17.7 Å². The molecule has 0 aliphatic carbocycles. The summed E-state index contributed by atoms with van der Waals surface area (Å²) < 4.78 is 15.0. The number of fused-ring (bicyclic) bond motifs is 3. The summed E-state index contributed by atoms with van der Waals surface area (Å²) in [7, 11) is 1.62. The Morgan fingerprint density at radius 3 is 2.56 bits per heavy atom. The van der Waals surface area contributed by atoms with Crippen LogP contribution in [0.5, 0.6) is 11.5 Å². The molecule has 0 amide bonds. The molecule has 2 aromatic heterocycles. The molecule has 214 valence electrons. The Bertz CT molecular complexity index is 1700. The van der Waals surface area contributed by atoms with E-state index in [0.29, 0.717) is 43.1 Å². The average Bonchev–Trinajstić information content (AvgIpc) is 3.42. The second-order valence-electron chi connectivity index (χ2n) is 10.3. The van der Waals surface area contributed by atoms with E-state index in [4.69, 9.17) is 14.5 Å². The Morgan fingerprint density at radius 2 is 1.88 bits per heavy atom. The molecule has 5 rings (SSSR count). The largest absolute Gasteiger partial charge is 0.493 e. The van der Waals surface area contributed by atoms with Gasteiger partial charge >= 0.3 is 5.69 Å². The van der Waals surface area contributed by atoms with Crippen LogP contribution in [-0.2, 0) is 19.5 Å². The summed E-state index contributed by atoms with van der Waals surface area (Å²) in [6, 6.07) is 10.1. The van der Waals surface area contributed by atoms with E-state index in [1.807, 2.05) is 39.0 Å². The Labute approximate surface area is 237 Å². The molecule has 1 N–H and O–H groups in total. The van der Waals surface area contributed by atoms with E-state index in [1.54, 1.807) is 16.2 Å². The second-order valence-corrected chi connectivity index (χ2v) is 10.3. The fraction of sp³-hybridized carbons (Fsp3) is 0.400. The summed E-state index contributed by atoms with van der Waals surface area (Å²) >= 11 is 0. The van der Waals surface area contributed by atoms with Crippen molar-refractivity contribution < 1.29 is 14.3 Å². The van der Waals surface area contributed by atoms with Gasteiger partial charge in [-0.15, -0.1) is 10.2 Å². The lowest BCUT2D eigenvalue weighted by Crippen LogP contribution is -2.40. The van der Waals surface area contributed by atoms with Gasteiger partial charge in [0.1, 0.15) is 5.49 Å². The number of Topliss-reactive ketones (excluding diaryl/α,β-unsaturated/α-hetero) is 1. The predicted molar refractivity (Wildman–Crippen MR) is 154 cm³/mol. The van der Waals surface area contributed by atoms with Gasteiger partial charge in [-0.25, -0.2) is 9.79 Å². The maximum Gasteiger partial charge on any atom is 0.330 e.